The largest absolute Gasteiger partial charge is 0.300 e. The van der Waals surface area contributed by atoms with Gasteiger partial charge in [0.25, 0.3) is 0 Å². The third-order valence-corrected chi connectivity index (χ3v) is 6.77. The summed E-state index contributed by atoms with van der Waals surface area (Å²) in [5, 5.41) is 11.9. The highest BCUT2D eigenvalue weighted by Gasteiger charge is 2.24. The van der Waals surface area contributed by atoms with Gasteiger partial charge in [-0.2, -0.15) is 0 Å². The first-order valence-corrected chi connectivity index (χ1v) is 10.1. The van der Waals surface area contributed by atoms with Crippen molar-refractivity contribution in [1.82, 2.24) is 10.2 Å². The standard InChI is InChI=1S/C16H21N3O3S2/c1-4-16(2,3)14-18-19-15(23-14)17-13(20)10-11-24(21,22)12-8-6-5-7-9-12/h5-9H,4,10-11H2,1-3H3,(H,17,19,20). The number of hydrogen-bond acceptors (Lipinski definition) is 6. The first kappa shape index (κ1) is 18.5. The molecule has 0 aliphatic heterocycles. The second-order valence-corrected chi connectivity index (χ2v) is 9.17. The zero-order valence-electron chi connectivity index (χ0n) is 13.9. The van der Waals surface area contributed by atoms with E-state index in [1.807, 2.05) is 0 Å². The van der Waals surface area contributed by atoms with Crippen molar-refractivity contribution in [2.24, 2.45) is 0 Å². The highest BCUT2D eigenvalue weighted by molar-refractivity contribution is 7.91. The summed E-state index contributed by atoms with van der Waals surface area (Å²) < 4.78 is 24.3. The predicted octanol–water partition coefficient (Wildman–Crippen LogP) is 3.03. The van der Waals surface area contributed by atoms with Gasteiger partial charge in [0.1, 0.15) is 5.01 Å². The van der Waals surface area contributed by atoms with Crippen LogP contribution in [0, 0.1) is 0 Å². The molecule has 8 heteroatoms. The van der Waals surface area contributed by atoms with Crippen LogP contribution in [0.5, 0.6) is 0 Å². The van der Waals surface area contributed by atoms with E-state index >= 15 is 0 Å². The van der Waals surface area contributed by atoms with Crippen LogP contribution in [-0.4, -0.2) is 30.3 Å². The molecule has 2 rings (SSSR count). The van der Waals surface area contributed by atoms with Gasteiger partial charge in [-0.3, -0.25) is 4.79 Å². The minimum Gasteiger partial charge on any atom is -0.300 e. The molecule has 1 N–H and O–H groups in total. The molecule has 2 aromatic rings. The van der Waals surface area contributed by atoms with Crippen LogP contribution in [0.1, 0.15) is 38.6 Å². The molecule has 0 bridgehead atoms. The number of nitrogens with one attached hydrogen (secondary N) is 1. The molecule has 0 aliphatic carbocycles. The number of benzene rings is 1. The molecule has 0 saturated carbocycles. The van der Waals surface area contributed by atoms with Gasteiger partial charge in [0.05, 0.1) is 10.6 Å². The predicted molar refractivity (Wildman–Crippen MR) is 95.0 cm³/mol. The minimum atomic E-state index is -3.46. The molecular formula is C16H21N3O3S2. The molecule has 1 aromatic carbocycles. The second kappa shape index (κ2) is 7.40. The van der Waals surface area contributed by atoms with Crippen LogP contribution < -0.4 is 5.32 Å². The highest BCUT2D eigenvalue weighted by atomic mass is 32.2. The molecule has 0 fully saturated rings. The van der Waals surface area contributed by atoms with Gasteiger partial charge in [0.2, 0.25) is 11.0 Å². The molecule has 0 aliphatic rings. The number of carbonyl (C=O) groups excluding carboxylic acids is 1. The van der Waals surface area contributed by atoms with E-state index in [0.717, 1.165) is 11.4 Å². The van der Waals surface area contributed by atoms with Gasteiger partial charge in [-0.25, -0.2) is 8.42 Å². The molecular weight excluding hydrogens is 346 g/mol. The molecule has 130 valence electrons. The highest BCUT2D eigenvalue weighted by Crippen LogP contribution is 2.30. The first-order chi connectivity index (χ1) is 11.2. The molecule has 0 radical (unpaired) electrons. The lowest BCUT2D eigenvalue weighted by Gasteiger charge is -2.17. The van der Waals surface area contributed by atoms with Crippen molar-refractivity contribution >= 4 is 32.2 Å². The van der Waals surface area contributed by atoms with Gasteiger partial charge in [0.15, 0.2) is 9.84 Å². The van der Waals surface area contributed by atoms with Crippen LogP contribution in [0.3, 0.4) is 0 Å². The zero-order valence-corrected chi connectivity index (χ0v) is 15.6. The van der Waals surface area contributed by atoms with Crippen LogP contribution in [-0.2, 0) is 20.0 Å². The maximum absolute atomic E-state index is 12.2. The maximum Gasteiger partial charge on any atom is 0.227 e. The fraction of sp³-hybridized carbons (Fsp3) is 0.438. The summed E-state index contributed by atoms with van der Waals surface area (Å²) in [6.07, 6.45) is 0.786. The van der Waals surface area contributed by atoms with E-state index < -0.39 is 9.84 Å². The summed E-state index contributed by atoms with van der Waals surface area (Å²) in [6.45, 7) is 6.19. The van der Waals surface area contributed by atoms with Crippen molar-refractivity contribution < 1.29 is 13.2 Å². The van der Waals surface area contributed by atoms with Crippen molar-refractivity contribution in [3.05, 3.63) is 35.3 Å². The molecule has 0 saturated heterocycles. The first-order valence-electron chi connectivity index (χ1n) is 7.66. The van der Waals surface area contributed by atoms with Gasteiger partial charge in [-0.1, -0.05) is 50.3 Å². The van der Waals surface area contributed by atoms with Crippen molar-refractivity contribution in [2.75, 3.05) is 11.1 Å². The molecule has 0 unspecified atom stereocenters. The van der Waals surface area contributed by atoms with Crippen LogP contribution in [0.25, 0.3) is 0 Å². The Kier molecular flexibility index (Phi) is 5.71. The van der Waals surface area contributed by atoms with Crippen molar-refractivity contribution in [2.45, 2.75) is 43.9 Å². The number of sulfone groups is 1. The molecule has 0 atom stereocenters. The zero-order chi connectivity index (χ0) is 17.8. The van der Waals surface area contributed by atoms with Gasteiger partial charge in [-0.05, 0) is 18.6 Å². The number of carbonyl (C=O) groups is 1. The lowest BCUT2D eigenvalue weighted by atomic mass is 9.91. The molecule has 0 spiro atoms. The smallest absolute Gasteiger partial charge is 0.227 e. The lowest BCUT2D eigenvalue weighted by Crippen LogP contribution is -2.17. The van der Waals surface area contributed by atoms with Gasteiger partial charge < -0.3 is 5.32 Å². The van der Waals surface area contributed by atoms with E-state index in [-0.39, 0.29) is 28.4 Å². The van der Waals surface area contributed by atoms with E-state index in [0.29, 0.717) is 5.13 Å². The number of hydrogen-bond donors (Lipinski definition) is 1. The number of aromatic nitrogens is 2. The van der Waals surface area contributed by atoms with E-state index in [1.165, 1.54) is 23.5 Å². The summed E-state index contributed by atoms with van der Waals surface area (Å²) in [5.41, 5.74) is -0.0999. The van der Waals surface area contributed by atoms with Crippen LogP contribution >= 0.6 is 11.3 Å². The SMILES string of the molecule is CCC(C)(C)c1nnc(NC(=O)CCS(=O)(=O)c2ccccc2)s1. The summed E-state index contributed by atoms with van der Waals surface area (Å²) in [7, 11) is -3.46. The number of amides is 1. The molecule has 1 heterocycles. The van der Waals surface area contributed by atoms with Gasteiger partial charge in [-0.15, -0.1) is 10.2 Å². The average molecular weight is 367 g/mol. The third-order valence-electron chi connectivity index (χ3n) is 3.83. The van der Waals surface area contributed by atoms with E-state index in [1.54, 1.807) is 18.2 Å². The number of anilines is 1. The number of rotatable bonds is 7. The minimum absolute atomic E-state index is 0.0999. The summed E-state index contributed by atoms with van der Waals surface area (Å²) in [5.74, 6) is -0.624. The second-order valence-electron chi connectivity index (χ2n) is 6.08. The van der Waals surface area contributed by atoms with Crippen molar-refractivity contribution in [1.29, 1.82) is 0 Å². The van der Waals surface area contributed by atoms with Crippen LogP contribution in [0.15, 0.2) is 35.2 Å². The molecule has 1 amide bonds. The fourth-order valence-electron chi connectivity index (χ4n) is 1.85. The Labute approximate surface area is 146 Å². The summed E-state index contributed by atoms with van der Waals surface area (Å²) >= 11 is 1.32. The topological polar surface area (TPSA) is 89.0 Å². The van der Waals surface area contributed by atoms with E-state index in [9.17, 15) is 13.2 Å². The Morgan fingerprint density at radius 3 is 2.50 bits per heavy atom. The van der Waals surface area contributed by atoms with E-state index in [4.69, 9.17) is 0 Å². The summed E-state index contributed by atoms with van der Waals surface area (Å²) in [6, 6.07) is 8.11. The van der Waals surface area contributed by atoms with Crippen LogP contribution in [0.4, 0.5) is 5.13 Å². The van der Waals surface area contributed by atoms with Crippen LogP contribution in [0.2, 0.25) is 0 Å². The number of nitrogens with zero attached hydrogens (tertiary/aromatic N) is 2. The summed E-state index contributed by atoms with van der Waals surface area (Å²) in [4.78, 5) is 12.2. The van der Waals surface area contributed by atoms with Crippen molar-refractivity contribution in [3.63, 3.8) is 0 Å². The normalized spacial score (nSPS) is 12.1. The Hall–Kier alpha value is -1.80. The monoisotopic (exact) mass is 367 g/mol. The molecule has 6 nitrogen and oxygen atoms in total. The maximum atomic E-state index is 12.2. The molecule has 24 heavy (non-hydrogen) atoms. The average Bonchev–Trinajstić information content (AvgIpc) is 3.03. The van der Waals surface area contributed by atoms with Gasteiger partial charge >= 0.3 is 0 Å². The third kappa shape index (κ3) is 4.61. The Morgan fingerprint density at radius 2 is 1.88 bits per heavy atom. The fourth-order valence-corrected chi connectivity index (χ4v) is 4.05. The van der Waals surface area contributed by atoms with E-state index in [2.05, 4.69) is 36.3 Å². The molecule has 1 aromatic heterocycles. The quantitative estimate of drug-likeness (QED) is 0.812. The Balaban J connectivity index is 1.95. The van der Waals surface area contributed by atoms with Gasteiger partial charge in [0, 0.05) is 11.8 Å². The van der Waals surface area contributed by atoms with Crippen molar-refractivity contribution in [3.8, 4) is 0 Å². The Morgan fingerprint density at radius 1 is 1.21 bits per heavy atom. The lowest BCUT2D eigenvalue weighted by molar-refractivity contribution is -0.115. The Bertz CT molecular complexity index is 799.